The highest BCUT2D eigenvalue weighted by Gasteiger charge is 2.22. The topological polar surface area (TPSA) is 95.9 Å². The van der Waals surface area contributed by atoms with E-state index in [1.54, 1.807) is 13.8 Å². The summed E-state index contributed by atoms with van der Waals surface area (Å²) in [4.78, 5) is 35.0. The zero-order valence-corrected chi connectivity index (χ0v) is 10.9. The van der Waals surface area contributed by atoms with Crippen LogP contribution in [0.5, 0.6) is 0 Å². The van der Waals surface area contributed by atoms with Gasteiger partial charge in [0.15, 0.2) is 0 Å². The Morgan fingerprint density at radius 1 is 1.28 bits per heavy atom. The number of urea groups is 1. The van der Waals surface area contributed by atoms with Crippen molar-refractivity contribution in [2.24, 2.45) is 0 Å². The highest BCUT2D eigenvalue weighted by Crippen LogP contribution is 2.01. The van der Waals surface area contributed by atoms with Gasteiger partial charge in [0, 0.05) is 19.5 Å². The van der Waals surface area contributed by atoms with Crippen molar-refractivity contribution in [2.45, 2.75) is 32.7 Å². The molecule has 0 rings (SSSR count). The van der Waals surface area contributed by atoms with Crippen LogP contribution in [-0.2, 0) is 14.3 Å². The van der Waals surface area contributed by atoms with E-state index in [2.05, 4.69) is 10.1 Å². The molecule has 0 spiro atoms. The lowest BCUT2D eigenvalue weighted by molar-refractivity contribution is -0.142. The maximum atomic E-state index is 11.7. The Morgan fingerprint density at radius 2 is 1.83 bits per heavy atom. The third-order valence-electron chi connectivity index (χ3n) is 2.51. The number of amides is 2. The number of carboxylic acid groups (broad SMARTS) is 1. The van der Waals surface area contributed by atoms with Crippen molar-refractivity contribution in [3.8, 4) is 0 Å². The van der Waals surface area contributed by atoms with Gasteiger partial charge in [0.25, 0.3) is 0 Å². The van der Waals surface area contributed by atoms with Crippen LogP contribution in [0.25, 0.3) is 0 Å². The Morgan fingerprint density at radius 3 is 2.22 bits per heavy atom. The van der Waals surface area contributed by atoms with E-state index in [-0.39, 0.29) is 12.8 Å². The van der Waals surface area contributed by atoms with Crippen LogP contribution < -0.4 is 5.32 Å². The van der Waals surface area contributed by atoms with Gasteiger partial charge in [0.2, 0.25) is 0 Å². The van der Waals surface area contributed by atoms with Gasteiger partial charge in [0.05, 0.1) is 7.11 Å². The van der Waals surface area contributed by atoms with Gasteiger partial charge < -0.3 is 20.1 Å². The molecular formula is C11H20N2O5. The maximum absolute atomic E-state index is 11.7. The SMILES string of the molecule is CCN(CC)C(=O)N[C@H](CCC(=O)OC)C(=O)O. The molecule has 0 heterocycles. The van der Waals surface area contributed by atoms with Crippen LogP contribution >= 0.6 is 0 Å². The fourth-order valence-electron chi connectivity index (χ4n) is 1.37. The fourth-order valence-corrected chi connectivity index (χ4v) is 1.37. The molecule has 1 atom stereocenters. The Hall–Kier alpha value is -1.79. The molecule has 2 amide bonds. The minimum Gasteiger partial charge on any atom is -0.480 e. The number of hydrogen-bond acceptors (Lipinski definition) is 4. The first-order valence-electron chi connectivity index (χ1n) is 5.81. The summed E-state index contributed by atoms with van der Waals surface area (Å²) >= 11 is 0. The normalized spacial score (nSPS) is 11.5. The second-order valence-electron chi connectivity index (χ2n) is 3.63. The zero-order valence-electron chi connectivity index (χ0n) is 10.9. The largest absolute Gasteiger partial charge is 0.480 e. The van der Waals surface area contributed by atoms with Crippen molar-refractivity contribution in [1.29, 1.82) is 0 Å². The van der Waals surface area contributed by atoms with Crippen LogP contribution in [0, 0.1) is 0 Å². The first-order chi connectivity index (χ1) is 8.46. The van der Waals surface area contributed by atoms with Gasteiger partial charge in [-0.3, -0.25) is 4.79 Å². The molecule has 0 saturated heterocycles. The van der Waals surface area contributed by atoms with Crippen molar-refractivity contribution in [1.82, 2.24) is 10.2 Å². The van der Waals surface area contributed by atoms with Gasteiger partial charge in [-0.25, -0.2) is 9.59 Å². The quantitative estimate of drug-likeness (QED) is 0.648. The van der Waals surface area contributed by atoms with Crippen LogP contribution in [0.2, 0.25) is 0 Å². The lowest BCUT2D eigenvalue weighted by Gasteiger charge is -2.22. The molecule has 2 N–H and O–H groups in total. The summed E-state index contributed by atoms with van der Waals surface area (Å²) in [5.74, 6) is -1.67. The third-order valence-corrected chi connectivity index (χ3v) is 2.51. The van der Waals surface area contributed by atoms with Crippen LogP contribution in [0.4, 0.5) is 4.79 Å². The van der Waals surface area contributed by atoms with Crippen molar-refractivity contribution < 1.29 is 24.2 Å². The number of carbonyl (C=O) groups is 3. The van der Waals surface area contributed by atoms with E-state index in [0.717, 1.165) is 0 Å². The van der Waals surface area contributed by atoms with Crippen molar-refractivity contribution in [2.75, 3.05) is 20.2 Å². The Labute approximate surface area is 106 Å². The summed E-state index contributed by atoms with van der Waals surface area (Å²) in [6, 6.07) is -1.53. The first kappa shape index (κ1) is 16.2. The van der Waals surface area contributed by atoms with E-state index < -0.39 is 24.0 Å². The lowest BCUT2D eigenvalue weighted by atomic mass is 10.1. The molecular weight excluding hydrogens is 240 g/mol. The number of rotatable bonds is 7. The highest BCUT2D eigenvalue weighted by atomic mass is 16.5. The summed E-state index contributed by atoms with van der Waals surface area (Å²) in [7, 11) is 1.23. The molecule has 7 nitrogen and oxygen atoms in total. The number of carbonyl (C=O) groups excluding carboxylic acids is 2. The molecule has 0 radical (unpaired) electrons. The van der Waals surface area contributed by atoms with Crippen molar-refractivity contribution in [3.63, 3.8) is 0 Å². The minimum atomic E-state index is -1.17. The van der Waals surface area contributed by atoms with E-state index in [1.165, 1.54) is 12.0 Å². The molecule has 0 aliphatic rings. The average molecular weight is 260 g/mol. The number of esters is 1. The predicted octanol–water partition coefficient (Wildman–Crippen LogP) is 0.444. The van der Waals surface area contributed by atoms with E-state index in [0.29, 0.717) is 13.1 Å². The molecule has 0 aromatic rings. The number of methoxy groups -OCH3 is 1. The van der Waals surface area contributed by atoms with E-state index >= 15 is 0 Å². The summed E-state index contributed by atoms with van der Waals surface area (Å²) in [5.41, 5.74) is 0. The standard InChI is InChI=1S/C11H20N2O5/c1-4-13(5-2)11(17)12-8(10(15)16)6-7-9(14)18-3/h8H,4-7H2,1-3H3,(H,12,17)(H,15,16)/t8-/m1/s1. The molecule has 0 aromatic heterocycles. The number of carboxylic acids is 1. The maximum Gasteiger partial charge on any atom is 0.326 e. The molecule has 0 aliphatic carbocycles. The number of nitrogens with zero attached hydrogens (tertiary/aromatic N) is 1. The summed E-state index contributed by atoms with van der Waals surface area (Å²) < 4.78 is 4.42. The molecule has 18 heavy (non-hydrogen) atoms. The second-order valence-corrected chi connectivity index (χ2v) is 3.63. The first-order valence-corrected chi connectivity index (χ1v) is 5.81. The Balaban J connectivity index is 4.40. The highest BCUT2D eigenvalue weighted by molar-refractivity contribution is 5.83. The third kappa shape index (κ3) is 5.51. The number of hydrogen-bond donors (Lipinski definition) is 2. The number of nitrogens with one attached hydrogen (secondary N) is 1. The van der Waals surface area contributed by atoms with E-state index in [4.69, 9.17) is 5.11 Å². The molecule has 0 aliphatic heterocycles. The Bertz CT molecular complexity index is 302. The van der Waals surface area contributed by atoms with Gasteiger partial charge in [-0.1, -0.05) is 0 Å². The Kier molecular flexibility index (Phi) is 7.50. The van der Waals surface area contributed by atoms with E-state index in [1.807, 2.05) is 0 Å². The van der Waals surface area contributed by atoms with Crippen molar-refractivity contribution in [3.05, 3.63) is 0 Å². The van der Waals surface area contributed by atoms with Crippen LogP contribution in [-0.4, -0.2) is 54.2 Å². The van der Waals surface area contributed by atoms with Gasteiger partial charge in [-0.05, 0) is 20.3 Å². The minimum absolute atomic E-state index is 0.00894. The summed E-state index contributed by atoms with van der Waals surface area (Å²) in [5, 5.41) is 11.3. The predicted molar refractivity (Wildman–Crippen MR) is 64.1 cm³/mol. The molecule has 0 unspecified atom stereocenters. The smallest absolute Gasteiger partial charge is 0.326 e. The number of aliphatic carboxylic acids is 1. The molecule has 0 saturated carbocycles. The molecule has 0 aromatic carbocycles. The second kappa shape index (κ2) is 8.32. The monoisotopic (exact) mass is 260 g/mol. The summed E-state index contributed by atoms with van der Waals surface area (Å²) in [6.07, 6.45) is -0.0407. The van der Waals surface area contributed by atoms with Crippen LogP contribution in [0.1, 0.15) is 26.7 Å². The molecule has 0 bridgehead atoms. The van der Waals surface area contributed by atoms with Gasteiger partial charge in [-0.2, -0.15) is 0 Å². The van der Waals surface area contributed by atoms with Crippen LogP contribution in [0.15, 0.2) is 0 Å². The average Bonchev–Trinajstić information content (AvgIpc) is 2.34. The zero-order chi connectivity index (χ0) is 14.1. The van der Waals surface area contributed by atoms with Gasteiger partial charge in [0.1, 0.15) is 6.04 Å². The lowest BCUT2D eigenvalue weighted by Crippen LogP contribution is -2.48. The summed E-state index contributed by atoms with van der Waals surface area (Å²) in [6.45, 7) is 4.58. The number of ether oxygens (including phenoxy) is 1. The molecule has 104 valence electrons. The molecule has 0 fully saturated rings. The van der Waals surface area contributed by atoms with E-state index in [9.17, 15) is 14.4 Å². The van der Waals surface area contributed by atoms with Crippen LogP contribution in [0.3, 0.4) is 0 Å². The fraction of sp³-hybridized carbons (Fsp3) is 0.727. The van der Waals surface area contributed by atoms with Gasteiger partial charge >= 0.3 is 18.0 Å². The van der Waals surface area contributed by atoms with Gasteiger partial charge in [-0.15, -0.1) is 0 Å². The van der Waals surface area contributed by atoms with Crippen molar-refractivity contribution >= 4 is 18.0 Å². The molecule has 7 heteroatoms.